The van der Waals surface area contributed by atoms with E-state index in [1.807, 2.05) is 30.3 Å². The molecule has 4 amide bonds. The lowest BCUT2D eigenvalue weighted by atomic mass is 10.0. The van der Waals surface area contributed by atoms with Gasteiger partial charge in [-0.3, -0.25) is 19.2 Å². The first-order chi connectivity index (χ1) is 18.5. The van der Waals surface area contributed by atoms with Crippen LogP contribution >= 0.6 is 0 Å². The van der Waals surface area contributed by atoms with E-state index in [9.17, 15) is 19.2 Å². The second-order valence-corrected chi connectivity index (χ2v) is 10.4. The lowest BCUT2D eigenvalue weighted by Crippen LogP contribution is -2.54. The van der Waals surface area contributed by atoms with Crippen molar-refractivity contribution in [2.75, 3.05) is 19.7 Å². The first-order valence-corrected chi connectivity index (χ1v) is 13.4. The minimum atomic E-state index is -1.09. The number of nitrogens with zero attached hydrogens (tertiary/aromatic N) is 1. The summed E-state index contributed by atoms with van der Waals surface area (Å²) < 4.78 is 6.08. The molecule has 38 heavy (non-hydrogen) atoms. The number of nitrogens with one attached hydrogen (secondary N) is 3. The topological polar surface area (TPSA) is 117 Å². The zero-order valence-electron chi connectivity index (χ0n) is 21.4. The number of benzene rings is 2. The molecular formula is C29H34N4O5. The highest BCUT2D eigenvalue weighted by Gasteiger charge is 2.36. The minimum Gasteiger partial charge on any atom is -0.491 e. The van der Waals surface area contributed by atoms with E-state index in [0.29, 0.717) is 31.2 Å². The van der Waals surface area contributed by atoms with Crippen LogP contribution in [0.5, 0.6) is 5.75 Å². The number of carbonyl (C=O) groups is 4. The molecule has 0 bridgehead atoms. The Morgan fingerprint density at radius 3 is 2.53 bits per heavy atom. The lowest BCUT2D eigenvalue weighted by Gasteiger charge is -2.30. The zero-order chi connectivity index (χ0) is 26.5. The molecule has 200 valence electrons. The average molecular weight is 519 g/mol. The molecule has 3 atom stereocenters. The Balaban J connectivity index is 1.43. The summed E-state index contributed by atoms with van der Waals surface area (Å²) in [7, 11) is 0. The number of hydrogen-bond donors (Lipinski definition) is 3. The SMILES string of the molecule is O=C1C[C@@H](C(=O)NCC2CC2)NC(=O)c2ccccc2OC[C@H]2CCCN2C(=O)[C@H](Cc2ccccc2)N1. The molecule has 2 aliphatic heterocycles. The van der Waals surface area contributed by atoms with E-state index in [-0.39, 0.29) is 30.5 Å². The van der Waals surface area contributed by atoms with Crippen molar-refractivity contribution < 1.29 is 23.9 Å². The highest BCUT2D eigenvalue weighted by Crippen LogP contribution is 2.28. The van der Waals surface area contributed by atoms with Crippen molar-refractivity contribution in [1.29, 1.82) is 0 Å². The molecule has 2 aromatic rings. The van der Waals surface area contributed by atoms with Crippen molar-refractivity contribution in [1.82, 2.24) is 20.9 Å². The standard InChI is InChI=1S/C29H34N4O5/c34-26-16-23(28(36)30-17-20-12-13-20)32-27(35)22-10-4-5-11-25(22)38-18-21-9-6-14-33(21)29(37)24(31-26)15-19-7-2-1-3-8-19/h1-5,7-8,10-11,20-21,23-24H,6,9,12-18H2,(H,30,36)(H,31,34)(H,32,35)/t21-,23+,24+/m1/s1. The molecule has 0 aromatic heterocycles. The van der Waals surface area contributed by atoms with E-state index < -0.39 is 29.8 Å². The molecule has 2 aromatic carbocycles. The number of para-hydroxylation sites is 1. The molecule has 3 N–H and O–H groups in total. The highest BCUT2D eigenvalue weighted by molar-refractivity contribution is 6.01. The van der Waals surface area contributed by atoms with Gasteiger partial charge in [0.05, 0.1) is 18.0 Å². The number of carbonyl (C=O) groups excluding carboxylic acids is 4. The summed E-state index contributed by atoms with van der Waals surface area (Å²) in [5, 5.41) is 8.48. The first kappa shape index (κ1) is 25.8. The summed E-state index contributed by atoms with van der Waals surface area (Å²) in [6, 6.07) is 14.3. The maximum absolute atomic E-state index is 13.8. The third-order valence-electron chi connectivity index (χ3n) is 7.41. The molecule has 5 rings (SSSR count). The van der Waals surface area contributed by atoms with Gasteiger partial charge in [-0.25, -0.2) is 0 Å². The summed E-state index contributed by atoms with van der Waals surface area (Å²) >= 11 is 0. The quantitative estimate of drug-likeness (QED) is 0.558. The van der Waals surface area contributed by atoms with Crippen LogP contribution in [0.4, 0.5) is 0 Å². The molecule has 2 heterocycles. The predicted octanol–water partition coefficient (Wildman–Crippen LogP) is 1.81. The molecule has 1 aliphatic carbocycles. The molecule has 0 radical (unpaired) electrons. The lowest BCUT2D eigenvalue weighted by molar-refractivity contribution is -0.138. The largest absolute Gasteiger partial charge is 0.491 e. The number of fused-ring (bicyclic) bond motifs is 2. The van der Waals surface area contributed by atoms with E-state index in [1.54, 1.807) is 29.2 Å². The molecule has 2 fully saturated rings. The van der Waals surface area contributed by atoms with Gasteiger partial charge < -0.3 is 25.6 Å². The highest BCUT2D eigenvalue weighted by atomic mass is 16.5. The average Bonchev–Trinajstić information content (AvgIpc) is 3.64. The van der Waals surface area contributed by atoms with Crippen LogP contribution in [0.2, 0.25) is 0 Å². The maximum atomic E-state index is 13.8. The van der Waals surface area contributed by atoms with E-state index in [2.05, 4.69) is 16.0 Å². The molecule has 3 aliphatic rings. The summed E-state index contributed by atoms with van der Waals surface area (Å²) in [4.78, 5) is 55.1. The second kappa shape index (κ2) is 11.7. The summed E-state index contributed by atoms with van der Waals surface area (Å²) in [6.45, 7) is 1.31. The van der Waals surface area contributed by atoms with Crippen LogP contribution < -0.4 is 20.7 Å². The molecule has 9 heteroatoms. The fourth-order valence-corrected chi connectivity index (χ4v) is 5.09. The Morgan fingerprint density at radius 1 is 0.974 bits per heavy atom. The Kier molecular flexibility index (Phi) is 7.91. The predicted molar refractivity (Wildman–Crippen MR) is 140 cm³/mol. The van der Waals surface area contributed by atoms with Crippen LogP contribution in [0.3, 0.4) is 0 Å². The summed E-state index contributed by atoms with van der Waals surface area (Å²) in [5.74, 6) is -0.726. The van der Waals surface area contributed by atoms with Gasteiger partial charge in [-0.1, -0.05) is 42.5 Å². The van der Waals surface area contributed by atoms with E-state index in [1.165, 1.54) is 0 Å². The van der Waals surface area contributed by atoms with Crippen LogP contribution in [0.15, 0.2) is 54.6 Å². The molecular weight excluding hydrogens is 484 g/mol. The molecule has 1 saturated heterocycles. The van der Waals surface area contributed by atoms with Gasteiger partial charge >= 0.3 is 0 Å². The van der Waals surface area contributed by atoms with Crippen LogP contribution in [-0.4, -0.2) is 66.4 Å². The smallest absolute Gasteiger partial charge is 0.255 e. The molecule has 0 spiro atoms. The van der Waals surface area contributed by atoms with Gasteiger partial charge in [0.15, 0.2) is 0 Å². The molecule has 1 saturated carbocycles. The number of amides is 4. The zero-order valence-corrected chi connectivity index (χ0v) is 21.4. The monoisotopic (exact) mass is 518 g/mol. The maximum Gasteiger partial charge on any atom is 0.255 e. The van der Waals surface area contributed by atoms with Crippen LogP contribution in [0, 0.1) is 5.92 Å². The fourth-order valence-electron chi connectivity index (χ4n) is 5.09. The Morgan fingerprint density at radius 2 is 1.74 bits per heavy atom. The Hall–Kier alpha value is -3.88. The molecule has 9 nitrogen and oxygen atoms in total. The second-order valence-electron chi connectivity index (χ2n) is 10.4. The van der Waals surface area contributed by atoms with E-state index in [0.717, 1.165) is 31.2 Å². The van der Waals surface area contributed by atoms with Crippen molar-refractivity contribution in [2.45, 2.75) is 56.7 Å². The van der Waals surface area contributed by atoms with Gasteiger partial charge in [-0.15, -0.1) is 0 Å². The van der Waals surface area contributed by atoms with Gasteiger partial charge in [-0.05, 0) is 49.3 Å². The molecule has 0 unspecified atom stereocenters. The van der Waals surface area contributed by atoms with Gasteiger partial charge in [0.2, 0.25) is 17.7 Å². The minimum absolute atomic E-state index is 0.169. The van der Waals surface area contributed by atoms with Crippen molar-refractivity contribution in [3.8, 4) is 5.75 Å². The van der Waals surface area contributed by atoms with Crippen molar-refractivity contribution in [3.63, 3.8) is 0 Å². The number of hydrogen-bond acceptors (Lipinski definition) is 5. The first-order valence-electron chi connectivity index (χ1n) is 13.4. The van der Waals surface area contributed by atoms with Crippen LogP contribution in [-0.2, 0) is 20.8 Å². The number of rotatable bonds is 5. The third-order valence-corrected chi connectivity index (χ3v) is 7.41. The summed E-state index contributed by atoms with van der Waals surface area (Å²) in [5.41, 5.74) is 1.20. The van der Waals surface area contributed by atoms with Crippen molar-refractivity contribution in [2.24, 2.45) is 5.92 Å². The normalized spacial score (nSPS) is 24.3. The van der Waals surface area contributed by atoms with Gasteiger partial charge in [0.1, 0.15) is 24.4 Å². The fraction of sp³-hybridized carbons (Fsp3) is 0.448. The Bertz CT molecular complexity index is 1180. The van der Waals surface area contributed by atoms with E-state index in [4.69, 9.17) is 4.74 Å². The van der Waals surface area contributed by atoms with Crippen LogP contribution in [0.25, 0.3) is 0 Å². The van der Waals surface area contributed by atoms with Gasteiger partial charge in [-0.2, -0.15) is 0 Å². The summed E-state index contributed by atoms with van der Waals surface area (Å²) in [6.07, 6.45) is 3.76. The van der Waals surface area contributed by atoms with Gasteiger partial charge in [0, 0.05) is 19.5 Å². The van der Waals surface area contributed by atoms with Crippen molar-refractivity contribution in [3.05, 3.63) is 65.7 Å². The third kappa shape index (κ3) is 6.33. The van der Waals surface area contributed by atoms with Crippen LogP contribution in [0.1, 0.15) is 48.0 Å². The van der Waals surface area contributed by atoms with E-state index >= 15 is 0 Å². The Labute approximate surface area is 222 Å². The van der Waals surface area contributed by atoms with Crippen molar-refractivity contribution >= 4 is 23.6 Å². The van der Waals surface area contributed by atoms with Gasteiger partial charge in [0.25, 0.3) is 5.91 Å². The number of ether oxygens (including phenoxy) is 1.